The van der Waals surface area contributed by atoms with E-state index in [9.17, 15) is 14.3 Å². The smallest absolute Gasteiger partial charge is 0.255 e. The van der Waals surface area contributed by atoms with E-state index in [4.69, 9.17) is 0 Å². The number of phenols is 1. The molecule has 1 amide bonds. The first-order chi connectivity index (χ1) is 8.99. The molecule has 98 valence electrons. The van der Waals surface area contributed by atoms with E-state index in [0.29, 0.717) is 8.95 Å². The van der Waals surface area contributed by atoms with Crippen molar-refractivity contribution >= 4 is 43.5 Å². The lowest BCUT2D eigenvalue weighted by Crippen LogP contribution is -2.13. The third-order valence-electron chi connectivity index (χ3n) is 2.41. The quantitative estimate of drug-likeness (QED) is 0.805. The Morgan fingerprint density at radius 1 is 1.16 bits per heavy atom. The van der Waals surface area contributed by atoms with Crippen LogP contribution in [0.25, 0.3) is 0 Å². The highest BCUT2D eigenvalue weighted by atomic mass is 79.9. The number of benzene rings is 2. The van der Waals surface area contributed by atoms with Gasteiger partial charge in [0, 0.05) is 10.0 Å². The number of carbonyl (C=O) groups is 1. The highest BCUT2D eigenvalue weighted by molar-refractivity contribution is 9.11. The number of para-hydroxylation sites is 1. The van der Waals surface area contributed by atoms with Crippen LogP contribution in [-0.2, 0) is 0 Å². The van der Waals surface area contributed by atoms with E-state index in [0.717, 1.165) is 0 Å². The monoisotopic (exact) mass is 387 g/mol. The number of phenolic OH excluding ortho intramolecular Hbond substituents is 1. The maximum atomic E-state index is 13.6. The minimum absolute atomic E-state index is 0.0553. The van der Waals surface area contributed by atoms with Crippen LogP contribution in [0.2, 0.25) is 0 Å². The minimum Gasteiger partial charge on any atom is -0.507 e. The molecule has 0 aliphatic carbocycles. The summed E-state index contributed by atoms with van der Waals surface area (Å²) in [5.41, 5.74) is 0.297. The number of halogens is 3. The zero-order valence-electron chi connectivity index (χ0n) is 9.45. The second-order valence-electron chi connectivity index (χ2n) is 3.72. The summed E-state index contributed by atoms with van der Waals surface area (Å²) >= 11 is 6.28. The molecule has 0 aliphatic rings. The fraction of sp³-hybridized carbons (Fsp3) is 0. The van der Waals surface area contributed by atoms with Crippen LogP contribution in [-0.4, -0.2) is 11.0 Å². The predicted octanol–water partition coefficient (Wildman–Crippen LogP) is 4.31. The molecule has 19 heavy (non-hydrogen) atoms. The molecule has 2 aromatic carbocycles. The Morgan fingerprint density at radius 2 is 1.89 bits per heavy atom. The first-order valence-corrected chi connectivity index (χ1v) is 6.81. The van der Waals surface area contributed by atoms with Crippen LogP contribution in [0.3, 0.4) is 0 Å². The molecule has 0 aliphatic heterocycles. The Hall–Kier alpha value is -1.40. The summed E-state index contributed by atoms with van der Waals surface area (Å²) in [5, 5.41) is 12.0. The van der Waals surface area contributed by atoms with Gasteiger partial charge in [0.25, 0.3) is 5.91 Å². The van der Waals surface area contributed by atoms with Gasteiger partial charge in [0.1, 0.15) is 11.6 Å². The molecule has 2 rings (SSSR count). The third-order valence-corrected chi connectivity index (χ3v) is 3.74. The van der Waals surface area contributed by atoms with Gasteiger partial charge in [-0.25, -0.2) is 4.39 Å². The molecule has 2 N–H and O–H groups in total. The van der Waals surface area contributed by atoms with Crippen molar-refractivity contribution < 1.29 is 14.3 Å². The van der Waals surface area contributed by atoms with Gasteiger partial charge < -0.3 is 10.4 Å². The van der Waals surface area contributed by atoms with Crippen molar-refractivity contribution in [1.29, 1.82) is 0 Å². The minimum atomic E-state index is -0.538. The van der Waals surface area contributed by atoms with Crippen molar-refractivity contribution in [2.45, 2.75) is 0 Å². The van der Waals surface area contributed by atoms with E-state index in [1.54, 1.807) is 12.1 Å². The zero-order chi connectivity index (χ0) is 14.0. The number of amides is 1. The Morgan fingerprint density at radius 3 is 2.53 bits per heavy atom. The number of aromatic hydroxyl groups is 1. The molecular formula is C13H8Br2FNO2. The summed E-state index contributed by atoms with van der Waals surface area (Å²) in [5.74, 6) is -1.10. The van der Waals surface area contributed by atoms with Crippen molar-refractivity contribution in [2.24, 2.45) is 0 Å². The highest BCUT2D eigenvalue weighted by Crippen LogP contribution is 2.27. The molecule has 0 radical (unpaired) electrons. The Bertz CT molecular complexity index is 626. The van der Waals surface area contributed by atoms with Gasteiger partial charge in [-0.2, -0.15) is 0 Å². The van der Waals surface area contributed by atoms with Crippen molar-refractivity contribution in [3.63, 3.8) is 0 Å². The Labute approximate surface area is 125 Å². The Kier molecular flexibility index (Phi) is 4.21. The molecule has 0 saturated heterocycles. The molecule has 0 heterocycles. The van der Waals surface area contributed by atoms with Crippen LogP contribution >= 0.6 is 31.9 Å². The van der Waals surface area contributed by atoms with Gasteiger partial charge in [0.15, 0.2) is 0 Å². The second kappa shape index (κ2) is 5.71. The molecule has 0 bridgehead atoms. The molecule has 0 fully saturated rings. The van der Waals surface area contributed by atoms with E-state index in [1.807, 2.05) is 0 Å². The van der Waals surface area contributed by atoms with Gasteiger partial charge in [-0.1, -0.05) is 6.07 Å². The van der Waals surface area contributed by atoms with Crippen LogP contribution in [0.4, 0.5) is 10.1 Å². The SMILES string of the molecule is O=C(Nc1c(F)cccc1Br)c1ccc(Br)c(O)c1. The molecule has 0 saturated carbocycles. The topological polar surface area (TPSA) is 49.3 Å². The van der Waals surface area contributed by atoms with E-state index < -0.39 is 11.7 Å². The summed E-state index contributed by atoms with van der Waals surface area (Å²) in [6.07, 6.45) is 0. The molecule has 6 heteroatoms. The van der Waals surface area contributed by atoms with Crippen molar-refractivity contribution in [1.82, 2.24) is 0 Å². The van der Waals surface area contributed by atoms with Gasteiger partial charge >= 0.3 is 0 Å². The second-order valence-corrected chi connectivity index (χ2v) is 5.43. The molecule has 0 spiro atoms. The number of anilines is 1. The number of hydrogen-bond donors (Lipinski definition) is 2. The summed E-state index contributed by atoms with van der Waals surface area (Å²) < 4.78 is 14.5. The van der Waals surface area contributed by atoms with Crippen LogP contribution < -0.4 is 5.32 Å². The maximum Gasteiger partial charge on any atom is 0.255 e. The summed E-state index contributed by atoms with van der Waals surface area (Å²) in [6.45, 7) is 0. The van der Waals surface area contributed by atoms with Crippen molar-refractivity contribution in [3.05, 3.63) is 56.7 Å². The van der Waals surface area contributed by atoms with Crippen LogP contribution in [0, 0.1) is 5.82 Å². The van der Waals surface area contributed by atoms with E-state index >= 15 is 0 Å². The van der Waals surface area contributed by atoms with Crippen LogP contribution in [0.5, 0.6) is 5.75 Å². The molecule has 0 aromatic heterocycles. The van der Waals surface area contributed by atoms with Crippen molar-refractivity contribution in [3.8, 4) is 5.75 Å². The lowest BCUT2D eigenvalue weighted by Gasteiger charge is -2.09. The standard InChI is InChI=1S/C13H8Br2FNO2/c14-8-5-4-7(6-11(8)18)13(19)17-12-9(15)2-1-3-10(12)16/h1-6,18H,(H,17,19). The number of rotatable bonds is 2. The van der Waals surface area contributed by atoms with E-state index in [-0.39, 0.29) is 17.0 Å². The summed E-state index contributed by atoms with van der Waals surface area (Å²) in [7, 11) is 0. The van der Waals surface area contributed by atoms with Gasteiger partial charge in [0.2, 0.25) is 0 Å². The first kappa shape index (κ1) is 14.0. The Balaban J connectivity index is 2.28. The maximum absolute atomic E-state index is 13.6. The van der Waals surface area contributed by atoms with Gasteiger partial charge in [-0.3, -0.25) is 4.79 Å². The summed E-state index contributed by atoms with van der Waals surface area (Å²) in [6, 6.07) is 8.76. The summed E-state index contributed by atoms with van der Waals surface area (Å²) in [4.78, 5) is 12.0. The van der Waals surface area contributed by atoms with Gasteiger partial charge in [-0.05, 0) is 62.2 Å². The van der Waals surface area contributed by atoms with E-state index in [2.05, 4.69) is 37.2 Å². The lowest BCUT2D eigenvalue weighted by molar-refractivity contribution is 0.102. The number of hydrogen-bond acceptors (Lipinski definition) is 2. The van der Waals surface area contributed by atoms with Crippen LogP contribution in [0.15, 0.2) is 45.3 Å². The normalized spacial score (nSPS) is 10.3. The number of carbonyl (C=O) groups excluding carboxylic acids is 1. The van der Waals surface area contributed by atoms with Crippen LogP contribution in [0.1, 0.15) is 10.4 Å². The average molecular weight is 389 g/mol. The first-order valence-electron chi connectivity index (χ1n) is 5.23. The molecular weight excluding hydrogens is 381 g/mol. The lowest BCUT2D eigenvalue weighted by atomic mass is 10.2. The molecule has 3 nitrogen and oxygen atoms in total. The van der Waals surface area contributed by atoms with Gasteiger partial charge in [-0.15, -0.1) is 0 Å². The predicted molar refractivity (Wildman–Crippen MR) is 77.9 cm³/mol. The fourth-order valence-corrected chi connectivity index (χ4v) is 2.14. The van der Waals surface area contributed by atoms with E-state index in [1.165, 1.54) is 24.3 Å². The van der Waals surface area contributed by atoms with Gasteiger partial charge in [0.05, 0.1) is 10.2 Å². The molecule has 0 unspecified atom stereocenters. The molecule has 2 aromatic rings. The number of nitrogens with one attached hydrogen (secondary N) is 1. The largest absolute Gasteiger partial charge is 0.507 e. The fourth-order valence-electron chi connectivity index (χ4n) is 1.46. The molecule has 0 atom stereocenters. The highest BCUT2D eigenvalue weighted by Gasteiger charge is 2.13. The zero-order valence-corrected chi connectivity index (χ0v) is 12.6. The third kappa shape index (κ3) is 3.13. The average Bonchev–Trinajstić information content (AvgIpc) is 2.37. The van der Waals surface area contributed by atoms with Crippen molar-refractivity contribution in [2.75, 3.05) is 5.32 Å².